The van der Waals surface area contributed by atoms with E-state index in [9.17, 15) is 4.79 Å². The van der Waals surface area contributed by atoms with E-state index in [1.807, 2.05) is 48.5 Å². The number of ether oxygens (including phenoxy) is 2. The van der Waals surface area contributed by atoms with E-state index >= 15 is 0 Å². The minimum Gasteiger partial charge on any atom is -0.462 e. The first-order valence-corrected chi connectivity index (χ1v) is 6.36. The highest BCUT2D eigenvalue weighted by atomic mass is 16.5. The second-order valence-corrected chi connectivity index (χ2v) is 5.17. The van der Waals surface area contributed by atoms with Crippen LogP contribution in [0.1, 0.15) is 48.5 Å². The van der Waals surface area contributed by atoms with E-state index in [-0.39, 0.29) is 30.3 Å². The first kappa shape index (κ1) is 16.4. The smallest absolute Gasteiger partial charge is 0.326 e. The summed E-state index contributed by atoms with van der Waals surface area (Å²) < 4.78 is 10.9. The summed E-state index contributed by atoms with van der Waals surface area (Å²) in [5.41, 5.74) is 0. The Bertz CT molecular complexity index is 227. The van der Waals surface area contributed by atoms with Gasteiger partial charge in [-0.15, -0.1) is 0 Å². The third-order valence-electron chi connectivity index (χ3n) is 2.07. The van der Waals surface area contributed by atoms with Crippen molar-refractivity contribution in [2.45, 2.75) is 78.9 Å². The van der Waals surface area contributed by atoms with Crippen molar-refractivity contribution < 1.29 is 14.3 Å². The highest BCUT2D eigenvalue weighted by molar-refractivity contribution is 5.76. The zero-order valence-corrected chi connectivity index (χ0v) is 12.1. The molecule has 0 aromatic rings. The molecule has 0 aromatic carbocycles. The van der Waals surface area contributed by atoms with E-state index in [1.165, 1.54) is 0 Å². The zero-order valence-electron chi connectivity index (χ0n) is 12.1. The summed E-state index contributed by atoms with van der Waals surface area (Å²) in [6.45, 7) is 13.5. The van der Waals surface area contributed by atoms with Gasteiger partial charge in [0.25, 0.3) is 0 Å². The molecule has 0 amide bonds. The molecule has 0 saturated heterocycles. The Morgan fingerprint density at radius 3 is 1.82 bits per heavy atom. The molecule has 102 valence electrons. The molecule has 0 aliphatic rings. The van der Waals surface area contributed by atoms with E-state index in [2.05, 4.69) is 5.32 Å². The number of esters is 1. The monoisotopic (exact) mass is 245 g/mol. The lowest BCUT2D eigenvalue weighted by Gasteiger charge is -2.27. The number of carbonyl (C=O) groups is 1. The van der Waals surface area contributed by atoms with Gasteiger partial charge in [0, 0.05) is 6.04 Å². The van der Waals surface area contributed by atoms with Gasteiger partial charge in [0.15, 0.2) is 0 Å². The lowest BCUT2D eigenvalue weighted by Crippen LogP contribution is -2.50. The topological polar surface area (TPSA) is 47.6 Å². The van der Waals surface area contributed by atoms with Gasteiger partial charge in [-0.2, -0.15) is 0 Å². The molecular formula is C13H27NO3. The molecule has 0 unspecified atom stereocenters. The van der Waals surface area contributed by atoms with E-state index < -0.39 is 6.04 Å². The molecule has 0 radical (unpaired) electrons. The van der Waals surface area contributed by atoms with Crippen molar-refractivity contribution in [3.63, 3.8) is 0 Å². The molecule has 0 spiro atoms. The molecule has 0 aromatic heterocycles. The maximum atomic E-state index is 11.9. The number of nitrogens with one attached hydrogen (secondary N) is 1. The van der Waals surface area contributed by atoms with Crippen LogP contribution in [0.2, 0.25) is 0 Å². The molecular weight excluding hydrogens is 218 g/mol. The minimum absolute atomic E-state index is 0.0910. The SMILES string of the molecule is CC(C)N[C@H](C(=O)OC(C)C)[C@@H](C)OC(C)C. The summed E-state index contributed by atoms with van der Waals surface area (Å²) in [4.78, 5) is 11.9. The third kappa shape index (κ3) is 7.34. The third-order valence-corrected chi connectivity index (χ3v) is 2.07. The Hall–Kier alpha value is -0.610. The van der Waals surface area contributed by atoms with Gasteiger partial charge in [-0.25, -0.2) is 0 Å². The van der Waals surface area contributed by atoms with E-state index in [0.29, 0.717) is 0 Å². The van der Waals surface area contributed by atoms with Gasteiger partial charge in [0.2, 0.25) is 0 Å². The van der Waals surface area contributed by atoms with Gasteiger partial charge in [0.05, 0.1) is 18.3 Å². The van der Waals surface area contributed by atoms with Gasteiger partial charge >= 0.3 is 5.97 Å². The van der Waals surface area contributed by atoms with Crippen LogP contribution < -0.4 is 5.32 Å². The predicted molar refractivity (Wildman–Crippen MR) is 69.0 cm³/mol. The molecule has 0 bridgehead atoms. The van der Waals surface area contributed by atoms with Gasteiger partial charge in [-0.3, -0.25) is 4.79 Å². The lowest BCUT2D eigenvalue weighted by atomic mass is 10.1. The van der Waals surface area contributed by atoms with Crippen LogP contribution in [0.3, 0.4) is 0 Å². The fourth-order valence-corrected chi connectivity index (χ4v) is 1.57. The van der Waals surface area contributed by atoms with Gasteiger partial charge in [-0.05, 0) is 34.6 Å². The minimum atomic E-state index is -0.417. The number of carbonyl (C=O) groups excluding carboxylic acids is 1. The average molecular weight is 245 g/mol. The Labute approximate surface area is 105 Å². The summed E-state index contributed by atoms with van der Waals surface area (Å²) in [6, 6.07) is -0.210. The van der Waals surface area contributed by atoms with Crippen LogP contribution in [0.4, 0.5) is 0 Å². The van der Waals surface area contributed by atoms with Crippen molar-refractivity contribution in [3.05, 3.63) is 0 Å². The molecule has 0 saturated carbocycles. The number of rotatable bonds is 7. The van der Waals surface area contributed by atoms with Crippen LogP contribution in [0.15, 0.2) is 0 Å². The number of hydrogen-bond donors (Lipinski definition) is 1. The first-order valence-electron chi connectivity index (χ1n) is 6.36. The van der Waals surface area contributed by atoms with E-state index in [4.69, 9.17) is 9.47 Å². The van der Waals surface area contributed by atoms with Crippen LogP contribution in [-0.4, -0.2) is 36.4 Å². The first-order chi connectivity index (χ1) is 7.73. The largest absolute Gasteiger partial charge is 0.462 e. The maximum Gasteiger partial charge on any atom is 0.326 e. The van der Waals surface area contributed by atoms with Crippen molar-refractivity contribution >= 4 is 5.97 Å². The second-order valence-electron chi connectivity index (χ2n) is 5.17. The quantitative estimate of drug-likeness (QED) is 0.698. The van der Waals surface area contributed by atoms with Crippen molar-refractivity contribution in [1.82, 2.24) is 5.32 Å². The van der Waals surface area contributed by atoms with Crippen molar-refractivity contribution in [1.29, 1.82) is 0 Å². The summed E-state index contributed by atoms with van der Waals surface area (Å²) in [6.07, 6.45) is -0.220. The standard InChI is InChI=1S/C13H27NO3/c1-8(2)14-12(11(7)16-9(3)4)13(15)17-10(5)6/h8-12,14H,1-7H3/t11-,12+/m1/s1. The van der Waals surface area contributed by atoms with Crippen molar-refractivity contribution in [2.24, 2.45) is 0 Å². The summed E-state index contributed by atoms with van der Waals surface area (Å²) in [5, 5.41) is 3.19. The molecule has 17 heavy (non-hydrogen) atoms. The van der Waals surface area contributed by atoms with Crippen LogP contribution in [0.25, 0.3) is 0 Å². The normalized spacial score (nSPS) is 15.4. The molecule has 0 fully saturated rings. The van der Waals surface area contributed by atoms with Gasteiger partial charge < -0.3 is 14.8 Å². The predicted octanol–water partition coefficient (Wildman–Crippen LogP) is 2.12. The molecule has 1 N–H and O–H groups in total. The highest BCUT2D eigenvalue weighted by Gasteiger charge is 2.28. The molecule has 0 aliphatic heterocycles. The molecule has 0 heterocycles. The Morgan fingerprint density at radius 1 is 0.941 bits per heavy atom. The average Bonchev–Trinajstić information content (AvgIpc) is 2.11. The van der Waals surface area contributed by atoms with Gasteiger partial charge in [0.1, 0.15) is 6.04 Å². The molecule has 0 rings (SSSR count). The molecule has 4 heteroatoms. The molecule has 0 aliphatic carbocycles. The van der Waals surface area contributed by atoms with Crippen molar-refractivity contribution in [2.75, 3.05) is 0 Å². The fraction of sp³-hybridized carbons (Fsp3) is 0.923. The van der Waals surface area contributed by atoms with Crippen LogP contribution in [0, 0.1) is 0 Å². The van der Waals surface area contributed by atoms with Crippen molar-refractivity contribution in [3.8, 4) is 0 Å². The van der Waals surface area contributed by atoms with Crippen LogP contribution in [0.5, 0.6) is 0 Å². The summed E-state index contributed by atoms with van der Waals surface area (Å²) in [7, 11) is 0. The van der Waals surface area contributed by atoms with Crippen LogP contribution >= 0.6 is 0 Å². The fourth-order valence-electron chi connectivity index (χ4n) is 1.57. The Balaban J connectivity index is 4.56. The van der Waals surface area contributed by atoms with E-state index in [1.54, 1.807) is 0 Å². The summed E-state index contributed by atoms with van der Waals surface area (Å²) >= 11 is 0. The maximum absolute atomic E-state index is 11.9. The lowest BCUT2D eigenvalue weighted by molar-refractivity contribution is -0.155. The molecule has 4 nitrogen and oxygen atoms in total. The second kappa shape index (κ2) is 7.67. The molecule has 2 atom stereocenters. The zero-order chi connectivity index (χ0) is 13.6. The Morgan fingerprint density at radius 2 is 1.47 bits per heavy atom. The van der Waals surface area contributed by atoms with E-state index in [0.717, 1.165) is 0 Å². The number of hydrogen-bond acceptors (Lipinski definition) is 4. The Kier molecular flexibility index (Phi) is 7.39. The van der Waals surface area contributed by atoms with Crippen LogP contribution in [-0.2, 0) is 14.3 Å². The highest BCUT2D eigenvalue weighted by Crippen LogP contribution is 2.07. The van der Waals surface area contributed by atoms with Gasteiger partial charge in [-0.1, -0.05) is 13.8 Å². The summed E-state index contributed by atoms with van der Waals surface area (Å²) in [5.74, 6) is -0.248.